The minimum Gasteiger partial charge on any atom is -0.207 e. The topological polar surface area (TPSA) is 46.2 Å². The minimum absolute atomic E-state index is 0.224. The van der Waals surface area contributed by atoms with Gasteiger partial charge in [-0.3, -0.25) is 0 Å². The molecule has 1 aliphatic carbocycles. The second-order valence-corrected chi connectivity index (χ2v) is 8.42. The Labute approximate surface area is 149 Å². The van der Waals surface area contributed by atoms with Gasteiger partial charge in [0.25, 0.3) is 0 Å². The van der Waals surface area contributed by atoms with E-state index in [4.69, 9.17) is 11.6 Å². The summed E-state index contributed by atoms with van der Waals surface area (Å²) in [6.07, 6.45) is 5.37. The van der Waals surface area contributed by atoms with Gasteiger partial charge in [-0.25, -0.2) is 13.1 Å². The molecule has 0 fully saturated rings. The van der Waals surface area contributed by atoms with Gasteiger partial charge in [0.15, 0.2) is 0 Å². The van der Waals surface area contributed by atoms with Crippen LogP contribution in [-0.2, 0) is 22.9 Å². The molecular weight excluding hydrogens is 342 g/mol. The maximum Gasteiger partial charge on any atom is 0.241 e. The third-order valence-corrected chi connectivity index (χ3v) is 6.34. The molecule has 5 heteroatoms. The zero-order valence-corrected chi connectivity index (χ0v) is 15.3. The Bertz CT molecular complexity index is 816. The van der Waals surface area contributed by atoms with Crippen LogP contribution in [0.2, 0.25) is 5.02 Å². The number of sulfonamides is 1. The Morgan fingerprint density at radius 3 is 2.38 bits per heavy atom. The van der Waals surface area contributed by atoms with Crippen LogP contribution in [0.5, 0.6) is 0 Å². The summed E-state index contributed by atoms with van der Waals surface area (Å²) >= 11 is 5.84. The zero-order chi connectivity index (χ0) is 17.2. The van der Waals surface area contributed by atoms with Crippen LogP contribution in [0.1, 0.15) is 48.9 Å². The van der Waals surface area contributed by atoms with Gasteiger partial charge < -0.3 is 0 Å². The molecule has 0 saturated heterocycles. The van der Waals surface area contributed by atoms with Crippen molar-refractivity contribution >= 4 is 21.6 Å². The van der Waals surface area contributed by atoms with Crippen LogP contribution in [0.25, 0.3) is 0 Å². The second-order valence-electron chi connectivity index (χ2n) is 6.27. The normalized spacial score (nSPS) is 15.8. The summed E-state index contributed by atoms with van der Waals surface area (Å²) in [6, 6.07) is 12.4. The quantitative estimate of drug-likeness (QED) is 0.840. The standard InChI is InChI=1S/C19H22ClNO2S/c1-2-19(16-8-7-14-5-3-4-6-15(14)13-16)21-24(22,23)18-11-9-17(20)10-12-18/h7-13,19,21H,2-6H2,1H3/t19-/m0/s1. The molecule has 3 nitrogen and oxygen atoms in total. The number of aryl methyl sites for hydroxylation is 2. The summed E-state index contributed by atoms with van der Waals surface area (Å²) in [4.78, 5) is 0.239. The molecule has 0 unspecified atom stereocenters. The molecule has 1 aliphatic rings. The third kappa shape index (κ3) is 3.82. The monoisotopic (exact) mass is 363 g/mol. The summed E-state index contributed by atoms with van der Waals surface area (Å²) in [7, 11) is -3.57. The Kier molecular flexibility index (Phi) is 5.28. The summed E-state index contributed by atoms with van der Waals surface area (Å²) in [5.41, 5.74) is 3.80. The zero-order valence-electron chi connectivity index (χ0n) is 13.8. The average Bonchev–Trinajstić information content (AvgIpc) is 2.59. The first-order valence-corrected chi connectivity index (χ1v) is 10.3. The molecule has 2 aromatic rings. The Balaban J connectivity index is 1.85. The van der Waals surface area contributed by atoms with Crippen molar-refractivity contribution in [2.75, 3.05) is 0 Å². The first-order chi connectivity index (χ1) is 11.5. The van der Waals surface area contributed by atoms with Crippen LogP contribution in [0.4, 0.5) is 0 Å². The summed E-state index contributed by atoms with van der Waals surface area (Å²) < 4.78 is 28.1. The van der Waals surface area contributed by atoms with E-state index in [-0.39, 0.29) is 10.9 Å². The van der Waals surface area contributed by atoms with Crippen LogP contribution in [0, 0.1) is 0 Å². The van der Waals surface area contributed by atoms with E-state index in [1.165, 1.54) is 36.1 Å². The molecule has 24 heavy (non-hydrogen) atoms. The van der Waals surface area contributed by atoms with Crippen molar-refractivity contribution in [2.24, 2.45) is 0 Å². The summed E-state index contributed by atoms with van der Waals surface area (Å²) in [5.74, 6) is 0. The van der Waals surface area contributed by atoms with Gasteiger partial charge in [0, 0.05) is 11.1 Å². The summed E-state index contributed by atoms with van der Waals surface area (Å²) in [6.45, 7) is 1.99. The number of halogens is 1. The van der Waals surface area contributed by atoms with E-state index in [1.54, 1.807) is 12.1 Å². The molecule has 1 N–H and O–H groups in total. The van der Waals surface area contributed by atoms with Gasteiger partial charge in [0.1, 0.15) is 0 Å². The summed E-state index contributed by atoms with van der Waals surface area (Å²) in [5, 5.41) is 0.524. The smallest absolute Gasteiger partial charge is 0.207 e. The lowest BCUT2D eigenvalue weighted by Gasteiger charge is -2.21. The number of rotatable bonds is 5. The molecule has 0 aliphatic heterocycles. The van der Waals surface area contributed by atoms with E-state index >= 15 is 0 Å². The lowest BCUT2D eigenvalue weighted by atomic mass is 9.89. The largest absolute Gasteiger partial charge is 0.241 e. The molecule has 0 spiro atoms. The van der Waals surface area contributed by atoms with Gasteiger partial charge in [0.05, 0.1) is 4.90 Å². The van der Waals surface area contributed by atoms with Gasteiger partial charge in [-0.15, -0.1) is 0 Å². The molecule has 0 saturated carbocycles. The predicted octanol–water partition coefficient (Wildman–Crippen LogP) is 4.65. The maximum atomic E-state index is 12.6. The predicted molar refractivity (Wildman–Crippen MR) is 97.9 cm³/mol. The fourth-order valence-corrected chi connectivity index (χ4v) is 4.66. The molecule has 128 valence electrons. The highest BCUT2D eigenvalue weighted by Crippen LogP contribution is 2.27. The van der Waals surface area contributed by atoms with Crippen LogP contribution in [0.15, 0.2) is 47.4 Å². The number of nitrogens with one attached hydrogen (secondary N) is 1. The van der Waals surface area contributed by atoms with Crippen molar-refractivity contribution in [1.82, 2.24) is 4.72 Å². The first-order valence-electron chi connectivity index (χ1n) is 8.39. The first kappa shape index (κ1) is 17.5. The number of benzene rings is 2. The lowest BCUT2D eigenvalue weighted by Crippen LogP contribution is -2.28. The second kappa shape index (κ2) is 7.26. The van der Waals surface area contributed by atoms with Crippen molar-refractivity contribution in [3.63, 3.8) is 0 Å². The fourth-order valence-electron chi connectivity index (χ4n) is 3.23. The van der Waals surface area contributed by atoms with Crippen molar-refractivity contribution in [3.8, 4) is 0 Å². The number of hydrogen-bond donors (Lipinski definition) is 1. The Morgan fingerprint density at radius 1 is 1.04 bits per heavy atom. The maximum absolute atomic E-state index is 12.6. The van der Waals surface area contributed by atoms with E-state index in [2.05, 4.69) is 22.9 Å². The van der Waals surface area contributed by atoms with Gasteiger partial charge in [-0.1, -0.05) is 36.7 Å². The molecule has 1 atom stereocenters. The van der Waals surface area contributed by atoms with E-state index in [0.717, 1.165) is 18.4 Å². The lowest BCUT2D eigenvalue weighted by molar-refractivity contribution is 0.549. The third-order valence-electron chi connectivity index (χ3n) is 4.60. The molecule has 2 aromatic carbocycles. The Hall–Kier alpha value is -1.36. The average molecular weight is 364 g/mol. The molecular formula is C19H22ClNO2S. The molecule has 0 radical (unpaired) electrons. The van der Waals surface area contributed by atoms with E-state index in [9.17, 15) is 8.42 Å². The van der Waals surface area contributed by atoms with Gasteiger partial charge >= 0.3 is 0 Å². The number of hydrogen-bond acceptors (Lipinski definition) is 2. The van der Waals surface area contributed by atoms with Crippen molar-refractivity contribution in [1.29, 1.82) is 0 Å². The highest BCUT2D eigenvalue weighted by Gasteiger charge is 2.21. The number of fused-ring (bicyclic) bond motifs is 1. The van der Waals surface area contributed by atoms with E-state index in [1.807, 2.05) is 6.92 Å². The molecule has 3 rings (SSSR count). The minimum atomic E-state index is -3.57. The fraction of sp³-hybridized carbons (Fsp3) is 0.368. The molecule has 0 heterocycles. The molecule has 0 bridgehead atoms. The van der Waals surface area contributed by atoms with Crippen LogP contribution >= 0.6 is 11.6 Å². The highest BCUT2D eigenvalue weighted by atomic mass is 35.5. The Morgan fingerprint density at radius 2 is 1.71 bits per heavy atom. The van der Waals surface area contributed by atoms with Gasteiger partial charge in [-0.2, -0.15) is 0 Å². The molecule has 0 aromatic heterocycles. The van der Waals surface area contributed by atoms with E-state index < -0.39 is 10.0 Å². The highest BCUT2D eigenvalue weighted by molar-refractivity contribution is 7.89. The van der Waals surface area contributed by atoms with Gasteiger partial charge in [-0.05, 0) is 73.1 Å². The van der Waals surface area contributed by atoms with Gasteiger partial charge in [0.2, 0.25) is 10.0 Å². The van der Waals surface area contributed by atoms with Crippen LogP contribution in [-0.4, -0.2) is 8.42 Å². The van der Waals surface area contributed by atoms with Crippen molar-refractivity contribution in [3.05, 3.63) is 64.2 Å². The van der Waals surface area contributed by atoms with Crippen molar-refractivity contribution in [2.45, 2.75) is 50.0 Å². The van der Waals surface area contributed by atoms with E-state index in [0.29, 0.717) is 11.4 Å². The van der Waals surface area contributed by atoms with Crippen molar-refractivity contribution < 1.29 is 8.42 Å². The van der Waals surface area contributed by atoms with Crippen LogP contribution in [0.3, 0.4) is 0 Å². The molecule has 0 amide bonds. The SMILES string of the molecule is CC[C@H](NS(=O)(=O)c1ccc(Cl)cc1)c1ccc2c(c1)CCCC2. The van der Waals surface area contributed by atoms with Crippen LogP contribution < -0.4 is 4.72 Å².